The number of benzene rings is 1. The number of hydrogen-bond donors (Lipinski definition) is 1. The first-order chi connectivity index (χ1) is 16.5. The van der Waals surface area contributed by atoms with Gasteiger partial charge in [0.1, 0.15) is 6.33 Å². The Hall–Kier alpha value is -4.33. The summed E-state index contributed by atoms with van der Waals surface area (Å²) in [5.74, 6) is 1.00. The van der Waals surface area contributed by atoms with Gasteiger partial charge in [-0.3, -0.25) is 4.79 Å². The smallest absolute Gasteiger partial charge is 0.230 e. The predicted molar refractivity (Wildman–Crippen MR) is 131 cm³/mol. The van der Waals surface area contributed by atoms with Crippen molar-refractivity contribution in [2.75, 3.05) is 5.32 Å². The molecule has 0 aliphatic carbocycles. The van der Waals surface area contributed by atoms with Crippen LogP contribution < -0.4 is 5.32 Å². The first-order valence-corrected chi connectivity index (χ1v) is 11.2. The van der Waals surface area contributed by atoms with Gasteiger partial charge in [0.05, 0.1) is 17.8 Å². The topological polar surface area (TPSA) is 90.0 Å². The molecule has 4 aromatic heterocycles. The summed E-state index contributed by atoms with van der Waals surface area (Å²) in [6.07, 6.45) is 3.55. The van der Waals surface area contributed by atoms with Crippen LogP contribution in [0.3, 0.4) is 0 Å². The van der Waals surface area contributed by atoms with Crippen LogP contribution in [0.25, 0.3) is 22.7 Å². The monoisotopic (exact) mass is 451 g/mol. The van der Waals surface area contributed by atoms with Crippen molar-refractivity contribution < 1.29 is 4.79 Å². The number of pyridine rings is 2. The Morgan fingerprint density at radius 1 is 1.06 bits per heavy atom. The van der Waals surface area contributed by atoms with Gasteiger partial charge in [-0.15, -0.1) is 0 Å². The van der Waals surface area contributed by atoms with E-state index in [1.165, 1.54) is 11.9 Å². The van der Waals surface area contributed by atoms with Crippen LogP contribution in [0.15, 0.2) is 73.2 Å². The highest BCUT2D eigenvalue weighted by Gasteiger charge is 2.16. The first-order valence-electron chi connectivity index (χ1n) is 11.2. The first kappa shape index (κ1) is 21.5. The Labute approximate surface area is 197 Å². The maximum atomic E-state index is 12.8. The molecule has 0 aliphatic rings. The van der Waals surface area contributed by atoms with E-state index < -0.39 is 0 Å². The van der Waals surface area contributed by atoms with Gasteiger partial charge < -0.3 is 5.32 Å². The Morgan fingerprint density at radius 2 is 1.88 bits per heavy atom. The van der Waals surface area contributed by atoms with Crippen molar-refractivity contribution >= 4 is 17.2 Å². The zero-order chi connectivity index (χ0) is 23.7. The van der Waals surface area contributed by atoms with Crippen molar-refractivity contribution in [3.8, 4) is 17.1 Å². The molecule has 0 bridgehead atoms. The molecule has 0 spiro atoms. The van der Waals surface area contributed by atoms with E-state index in [9.17, 15) is 4.79 Å². The summed E-state index contributed by atoms with van der Waals surface area (Å²) < 4.78 is 3.48. The number of hydrogen-bond acceptors (Lipinski definition) is 5. The lowest BCUT2D eigenvalue weighted by Crippen LogP contribution is -2.15. The van der Waals surface area contributed by atoms with Crippen LogP contribution in [0.1, 0.15) is 36.7 Å². The Bertz CT molecular complexity index is 1460. The van der Waals surface area contributed by atoms with E-state index in [0.717, 1.165) is 28.3 Å². The molecule has 5 rings (SSSR count). The van der Waals surface area contributed by atoms with Crippen molar-refractivity contribution in [1.29, 1.82) is 0 Å². The van der Waals surface area contributed by atoms with Gasteiger partial charge in [-0.05, 0) is 60.9 Å². The zero-order valence-electron chi connectivity index (χ0n) is 19.3. The Morgan fingerprint density at radius 3 is 2.65 bits per heavy atom. The normalized spacial score (nSPS) is 11.3. The quantitative estimate of drug-likeness (QED) is 0.408. The number of nitrogens with one attached hydrogen (secondary N) is 1. The lowest BCUT2D eigenvalue weighted by atomic mass is 10.0. The van der Waals surface area contributed by atoms with Crippen molar-refractivity contribution in [2.45, 2.75) is 33.1 Å². The Kier molecular flexibility index (Phi) is 5.63. The van der Waals surface area contributed by atoms with Crippen LogP contribution in [0, 0.1) is 6.92 Å². The molecule has 8 heteroatoms. The molecular formula is C26H25N7O. The van der Waals surface area contributed by atoms with Gasteiger partial charge in [0.2, 0.25) is 5.91 Å². The molecule has 5 aromatic rings. The van der Waals surface area contributed by atoms with Crippen LogP contribution in [0.5, 0.6) is 0 Å². The van der Waals surface area contributed by atoms with E-state index in [-0.39, 0.29) is 12.3 Å². The maximum absolute atomic E-state index is 12.8. The molecule has 0 saturated carbocycles. The third kappa shape index (κ3) is 4.43. The fourth-order valence-corrected chi connectivity index (χ4v) is 3.83. The number of rotatable bonds is 6. The highest BCUT2D eigenvalue weighted by Crippen LogP contribution is 2.24. The number of fused-ring (bicyclic) bond motifs is 1. The van der Waals surface area contributed by atoms with E-state index in [1.54, 1.807) is 9.20 Å². The van der Waals surface area contributed by atoms with Crippen LogP contribution in [0.2, 0.25) is 0 Å². The SMILES string of the molecule is Cc1cccc(-n2nc(CC(=O)Nc3ccc(C(C)C)cc3)cc2-c2ccc3ncnn3c2)n1. The summed E-state index contributed by atoms with van der Waals surface area (Å²) in [6, 6.07) is 19.5. The lowest BCUT2D eigenvalue weighted by Gasteiger charge is -2.08. The summed E-state index contributed by atoms with van der Waals surface area (Å²) in [4.78, 5) is 21.6. The molecule has 1 N–H and O–H groups in total. The number of anilines is 1. The van der Waals surface area contributed by atoms with E-state index in [1.807, 2.05) is 73.8 Å². The fraction of sp³-hybridized carbons (Fsp3) is 0.192. The summed E-state index contributed by atoms with van der Waals surface area (Å²) in [5, 5.41) is 11.9. The van der Waals surface area contributed by atoms with Gasteiger partial charge in [0.25, 0.3) is 0 Å². The molecule has 0 saturated heterocycles. The molecule has 0 atom stereocenters. The van der Waals surface area contributed by atoms with Gasteiger partial charge in [-0.2, -0.15) is 10.2 Å². The molecule has 1 amide bonds. The summed E-state index contributed by atoms with van der Waals surface area (Å²) >= 11 is 0. The average molecular weight is 452 g/mol. The third-order valence-electron chi connectivity index (χ3n) is 5.62. The minimum Gasteiger partial charge on any atom is -0.326 e. The zero-order valence-corrected chi connectivity index (χ0v) is 19.3. The number of carbonyl (C=O) groups is 1. The number of aromatic nitrogens is 6. The molecular weight excluding hydrogens is 426 g/mol. The van der Waals surface area contributed by atoms with Crippen LogP contribution in [-0.2, 0) is 11.2 Å². The van der Waals surface area contributed by atoms with Gasteiger partial charge in [-0.25, -0.2) is 19.2 Å². The van der Waals surface area contributed by atoms with Gasteiger partial charge in [0, 0.05) is 23.1 Å². The average Bonchev–Trinajstić information content (AvgIpc) is 3.46. The number of carbonyl (C=O) groups excluding carboxylic acids is 1. The van der Waals surface area contributed by atoms with E-state index >= 15 is 0 Å². The molecule has 4 heterocycles. The van der Waals surface area contributed by atoms with Crippen molar-refractivity contribution in [2.24, 2.45) is 0 Å². The molecule has 170 valence electrons. The minimum absolute atomic E-state index is 0.127. The number of aryl methyl sites for hydroxylation is 1. The second-order valence-electron chi connectivity index (χ2n) is 8.55. The standard InChI is InChI=1S/C26H25N7O/c1-17(2)19-7-10-21(11-8-19)30-26(34)14-22-13-23(20-9-12-24-27-16-28-32(24)15-20)33(31-22)25-6-4-5-18(3)29-25/h4-13,15-17H,14H2,1-3H3,(H,30,34). The highest BCUT2D eigenvalue weighted by molar-refractivity contribution is 5.92. The van der Waals surface area contributed by atoms with Crippen LogP contribution >= 0.6 is 0 Å². The summed E-state index contributed by atoms with van der Waals surface area (Å²) in [5.41, 5.74) is 6.00. The molecule has 8 nitrogen and oxygen atoms in total. The van der Waals surface area contributed by atoms with Crippen molar-refractivity contribution in [3.63, 3.8) is 0 Å². The highest BCUT2D eigenvalue weighted by atomic mass is 16.1. The second kappa shape index (κ2) is 8.90. The number of amides is 1. The molecule has 0 aliphatic heterocycles. The van der Waals surface area contributed by atoms with Gasteiger partial charge in [-0.1, -0.05) is 32.0 Å². The van der Waals surface area contributed by atoms with Gasteiger partial charge >= 0.3 is 0 Å². The molecule has 0 unspecified atom stereocenters. The van der Waals surface area contributed by atoms with Crippen molar-refractivity contribution in [3.05, 3.63) is 90.1 Å². The van der Waals surface area contributed by atoms with E-state index in [2.05, 4.69) is 34.2 Å². The third-order valence-corrected chi connectivity index (χ3v) is 5.62. The molecule has 0 fully saturated rings. The van der Waals surface area contributed by atoms with E-state index in [0.29, 0.717) is 17.4 Å². The van der Waals surface area contributed by atoms with Crippen LogP contribution in [0.4, 0.5) is 5.69 Å². The van der Waals surface area contributed by atoms with E-state index in [4.69, 9.17) is 5.10 Å². The minimum atomic E-state index is -0.127. The van der Waals surface area contributed by atoms with Gasteiger partial charge in [0.15, 0.2) is 11.5 Å². The molecule has 0 radical (unpaired) electrons. The fourth-order valence-electron chi connectivity index (χ4n) is 3.83. The Balaban J connectivity index is 1.45. The number of nitrogens with zero attached hydrogens (tertiary/aromatic N) is 6. The summed E-state index contributed by atoms with van der Waals surface area (Å²) in [7, 11) is 0. The maximum Gasteiger partial charge on any atom is 0.230 e. The molecule has 1 aromatic carbocycles. The van der Waals surface area contributed by atoms with Crippen molar-refractivity contribution in [1.82, 2.24) is 29.4 Å². The molecule has 34 heavy (non-hydrogen) atoms. The summed E-state index contributed by atoms with van der Waals surface area (Å²) in [6.45, 7) is 6.23. The lowest BCUT2D eigenvalue weighted by molar-refractivity contribution is -0.115. The largest absolute Gasteiger partial charge is 0.326 e. The second-order valence-corrected chi connectivity index (χ2v) is 8.55. The van der Waals surface area contributed by atoms with Crippen LogP contribution in [-0.4, -0.2) is 35.3 Å². The predicted octanol–water partition coefficient (Wildman–Crippen LogP) is 4.59.